The fraction of sp³-hybridized carbons (Fsp3) is 0.455. The first-order valence-electron chi connectivity index (χ1n) is 12.7. The summed E-state index contributed by atoms with van der Waals surface area (Å²) in [6, 6.07) is 11.8. The number of aryl methyl sites for hydroxylation is 4. The Hall–Kier alpha value is -2.74. The summed E-state index contributed by atoms with van der Waals surface area (Å²) in [5.41, 5.74) is 7.52. The van der Waals surface area contributed by atoms with Crippen LogP contribution in [0.4, 0.5) is 0 Å². The Kier molecular flexibility index (Phi) is 15.5. The minimum atomic E-state index is 0.136. The van der Waals surface area contributed by atoms with E-state index in [1.165, 1.54) is 18.4 Å². The van der Waals surface area contributed by atoms with Crippen LogP contribution in [0.1, 0.15) is 104 Å². The summed E-state index contributed by atoms with van der Waals surface area (Å²) >= 11 is 0. The van der Waals surface area contributed by atoms with Crippen molar-refractivity contribution in [3.63, 3.8) is 0 Å². The Morgan fingerprint density at radius 3 is 1.49 bits per heavy atom. The Balaban J connectivity index is 0.000000458. The van der Waals surface area contributed by atoms with Crippen LogP contribution in [-0.2, 0) is 0 Å². The van der Waals surface area contributed by atoms with Crippen molar-refractivity contribution in [1.82, 2.24) is 0 Å². The monoisotopic (exact) mass is 476 g/mol. The maximum atomic E-state index is 11.0. The van der Waals surface area contributed by atoms with Crippen LogP contribution < -0.4 is 0 Å². The molecule has 0 fully saturated rings. The molecule has 35 heavy (non-hydrogen) atoms. The van der Waals surface area contributed by atoms with Gasteiger partial charge in [0.15, 0.2) is 11.6 Å². The van der Waals surface area contributed by atoms with Gasteiger partial charge in [0, 0.05) is 11.1 Å². The molecule has 0 bridgehead atoms. The molecule has 2 atom stereocenters. The molecule has 0 heterocycles. The van der Waals surface area contributed by atoms with E-state index < -0.39 is 0 Å². The van der Waals surface area contributed by atoms with E-state index in [1.807, 2.05) is 65.0 Å². The summed E-state index contributed by atoms with van der Waals surface area (Å²) in [7, 11) is 0. The largest absolute Gasteiger partial charge is 0.295 e. The van der Waals surface area contributed by atoms with Crippen LogP contribution in [0.2, 0.25) is 0 Å². The molecule has 0 aromatic heterocycles. The van der Waals surface area contributed by atoms with Crippen LogP contribution in [0.3, 0.4) is 0 Å². The third kappa shape index (κ3) is 14.3. The minimum Gasteiger partial charge on any atom is -0.295 e. The third-order valence-electron chi connectivity index (χ3n) is 6.13. The number of hydrogen-bond acceptors (Lipinski definition) is 2. The molecule has 2 aromatic rings. The average Bonchev–Trinajstić information content (AvgIpc) is 2.78. The van der Waals surface area contributed by atoms with Gasteiger partial charge in [-0.1, -0.05) is 72.5 Å². The van der Waals surface area contributed by atoms with Gasteiger partial charge < -0.3 is 0 Å². The van der Waals surface area contributed by atoms with E-state index in [9.17, 15) is 9.59 Å². The number of carbonyl (C=O) groups excluding carboxylic acids is 2. The second-order valence-electron chi connectivity index (χ2n) is 10.1. The number of benzene rings is 2. The predicted molar refractivity (Wildman–Crippen MR) is 154 cm³/mol. The molecule has 0 aliphatic heterocycles. The van der Waals surface area contributed by atoms with Crippen molar-refractivity contribution in [1.29, 1.82) is 0 Å². The van der Waals surface area contributed by atoms with E-state index in [4.69, 9.17) is 0 Å². The lowest BCUT2D eigenvalue weighted by Gasteiger charge is -2.19. The first-order valence-corrected chi connectivity index (χ1v) is 12.7. The SMILES string of the molecule is CC(=O)c1cc(C)cc(C)c1.CC(=O)c1cc(C)ccc1C.CC1CC=CCC1C.CC=C(C)C. The average molecular weight is 477 g/mol. The molecule has 2 unspecified atom stereocenters. The summed E-state index contributed by atoms with van der Waals surface area (Å²) in [5.74, 6) is 2.11. The summed E-state index contributed by atoms with van der Waals surface area (Å²) in [5, 5.41) is 0. The molecule has 2 nitrogen and oxygen atoms in total. The van der Waals surface area contributed by atoms with Gasteiger partial charge in [-0.3, -0.25) is 9.59 Å². The zero-order valence-corrected chi connectivity index (χ0v) is 24.1. The number of carbonyl (C=O) groups is 2. The molecule has 0 saturated heterocycles. The van der Waals surface area contributed by atoms with Gasteiger partial charge in [-0.2, -0.15) is 0 Å². The molecule has 2 aromatic carbocycles. The van der Waals surface area contributed by atoms with Gasteiger partial charge in [-0.05, 0) is 111 Å². The van der Waals surface area contributed by atoms with Crippen LogP contribution >= 0.6 is 0 Å². The third-order valence-corrected chi connectivity index (χ3v) is 6.13. The van der Waals surface area contributed by atoms with Crippen molar-refractivity contribution in [3.8, 4) is 0 Å². The number of ketones is 2. The van der Waals surface area contributed by atoms with Crippen LogP contribution in [0, 0.1) is 39.5 Å². The lowest BCUT2D eigenvalue weighted by Crippen LogP contribution is -2.08. The maximum absolute atomic E-state index is 11.0. The van der Waals surface area contributed by atoms with E-state index in [-0.39, 0.29) is 11.6 Å². The molecular formula is C33H48O2. The van der Waals surface area contributed by atoms with Crippen molar-refractivity contribution >= 4 is 11.6 Å². The first-order chi connectivity index (χ1) is 16.3. The predicted octanol–water partition coefficient (Wildman–Crippen LogP) is 9.59. The second kappa shape index (κ2) is 16.8. The van der Waals surface area contributed by atoms with Crippen molar-refractivity contribution in [2.45, 2.75) is 89.0 Å². The highest BCUT2D eigenvalue weighted by Gasteiger charge is 2.11. The Labute approximate surface area is 215 Å². The zero-order chi connectivity index (χ0) is 27.1. The minimum absolute atomic E-state index is 0.136. The number of rotatable bonds is 2. The highest BCUT2D eigenvalue weighted by atomic mass is 16.1. The van der Waals surface area contributed by atoms with Crippen LogP contribution in [0.5, 0.6) is 0 Å². The molecule has 0 amide bonds. The lowest BCUT2D eigenvalue weighted by molar-refractivity contribution is 0.100. The lowest BCUT2D eigenvalue weighted by atomic mass is 9.86. The normalized spacial score (nSPS) is 15.7. The molecule has 0 N–H and O–H groups in total. The van der Waals surface area contributed by atoms with E-state index >= 15 is 0 Å². The van der Waals surface area contributed by atoms with Crippen molar-refractivity contribution < 1.29 is 9.59 Å². The van der Waals surface area contributed by atoms with Crippen LogP contribution in [0.25, 0.3) is 0 Å². The molecule has 1 aliphatic carbocycles. The standard InChI is InChI=1S/2C10H12O.C8H14.C5H10/c1-7-4-8(2)6-10(5-7)9(3)11;1-7-4-5-8(2)10(6-7)9(3)11;1-7-5-3-4-6-8(7)2;1-4-5(2)3/h2*4-6H,1-3H3;3-4,7-8H,5-6H2,1-2H3;4H,1-3H3. The van der Waals surface area contributed by atoms with E-state index in [0.29, 0.717) is 0 Å². The number of allylic oxidation sites excluding steroid dienone is 4. The van der Waals surface area contributed by atoms with Gasteiger partial charge >= 0.3 is 0 Å². The molecular weight excluding hydrogens is 428 g/mol. The number of Topliss-reactive ketones (excluding diaryl/α,β-unsaturated/α-hetero) is 2. The molecule has 0 radical (unpaired) electrons. The van der Waals surface area contributed by atoms with E-state index in [2.05, 4.69) is 52.0 Å². The fourth-order valence-electron chi connectivity index (χ4n) is 3.38. The smallest absolute Gasteiger partial charge is 0.160 e. The Bertz CT molecular complexity index is 972. The van der Waals surface area contributed by atoms with Gasteiger partial charge in [0.2, 0.25) is 0 Å². The molecule has 0 saturated carbocycles. The molecule has 1 aliphatic rings. The molecule has 2 heteroatoms. The van der Waals surface area contributed by atoms with Gasteiger partial charge in [-0.15, -0.1) is 0 Å². The van der Waals surface area contributed by atoms with Gasteiger partial charge in [0.05, 0.1) is 0 Å². The molecule has 3 rings (SSSR count). The highest BCUT2D eigenvalue weighted by Crippen LogP contribution is 2.23. The molecule has 192 valence electrons. The highest BCUT2D eigenvalue weighted by molar-refractivity contribution is 5.95. The zero-order valence-electron chi connectivity index (χ0n) is 24.1. The fourth-order valence-corrected chi connectivity index (χ4v) is 3.38. The van der Waals surface area contributed by atoms with Crippen LogP contribution in [-0.4, -0.2) is 11.6 Å². The summed E-state index contributed by atoms with van der Waals surface area (Å²) in [6.45, 7) is 22.0. The summed E-state index contributed by atoms with van der Waals surface area (Å²) < 4.78 is 0. The Morgan fingerprint density at radius 1 is 0.714 bits per heavy atom. The topological polar surface area (TPSA) is 34.1 Å². The van der Waals surface area contributed by atoms with E-state index in [0.717, 1.165) is 45.2 Å². The van der Waals surface area contributed by atoms with Gasteiger partial charge in [-0.25, -0.2) is 0 Å². The number of hydrogen-bond donors (Lipinski definition) is 0. The van der Waals surface area contributed by atoms with Gasteiger partial charge in [0.1, 0.15) is 0 Å². The summed E-state index contributed by atoms with van der Waals surface area (Å²) in [6.07, 6.45) is 9.26. The Morgan fingerprint density at radius 2 is 1.17 bits per heavy atom. The maximum Gasteiger partial charge on any atom is 0.160 e. The first kappa shape index (κ1) is 32.3. The van der Waals surface area contributed by atoms with Crippen molar-refractivity contribution in [2.75, 3.05) is 0 Å². The second-order valence-corrected chi connectivity index (χ2v) is 10.1. The van der Waals surface area contributed by atoms with Crippen LogP contribution in [0.15, 0.2) is 60.2 Å². The van der Waals surface area contributed by atoms with Gasteiger partial charge in [0.25, 0.3) is 0 Å². The quantitative estimate of drug-likeness (QED) is 0.319. The summed E-state index contributed by atoms with van der Waals surface area (Å²) in [4.78, 5) is 22.0. The molecule has 0 spiro atoms. The van der Waals surface area contributed by atoms with Crippen molar-refractivity contribution in [2.24, 2.45) is 11.8 Å². The van der Waals surface area contributed by atoms with Crippen molar-refractivity contribution in [3.05, 3.63) is 93.6 Å². The van der Waals surface area contributed by atoms with E-state index in [1.54, 1.807) is 13.8 Å².